The number of rotatable bonds is 11. The van der Waals surface area contributed by atoms with Crippen molar-refractivity contribution in [2.45, 2.75) is 37.7 Å². The van der Waals surface area contributed by atoms with E-state index in [-0.39, 0.29) is 11.8 Å². The normalized spacial score (nSPS) is 11.5. The minimum absolute atomic E-state index is 0.140. The van der Waals surface area contributed by atoms with E-state index in [1.807, 2.05) is 128 Å². The maximum Gasteiger partial charge on any atom is 0.255 e. The number of benzene rings is 4. The second-order valence-electron chi connectivity index (χ2n) is 9.93. The second-order valence-corrected chi connectivity index (χ2v) is 11.2. The van der Waals surface area contributed by atoms with Crippen molar-refractivity contribution >= 4 is 35.0 Å². The molecule has 0 aliphatic rings. The Labute approximate surface area is 255 Å². The molecule has 8 nitrogen and oxygen atoms in total. The Balaban J connectivity index is 1.34. The van der Waals surface area contributed by atoms with Crippen LogP contribution in [0.15, 0.2) is 108 Å². The zero-order valence-corrected chi connectivity index (χ0v) is 25.1. The van der Waals surface area contributed by atoms with E-state index in [9.17, 15) is 9.59 Å². The van der Waals surface area contributed by atoms with Crippen molar-refractivity contribution in [1.29, 1.82) is 0 Å². The van der Waals surface area contributed by atoms with Crippen molar-refractivity contribution < 1.29 is 14.3 Å². The number of hydrogen-bond acceptors (Lipinski definition) is 6. The maximum absolute atomic E-state index is 13.1. The van der Waals surface area contributed by atoms with Crippen LogP contribution < -0.4 is 15.4 Å². The predicted octanol–water partition coefficient (Wildman–Crippen LogP) is 7.07. The zero-order chi connectivity index (χ0) is 30.2. The number of anilines is 2. The standard InChI is InChI=1S/C34H33N5O3S/c1-4-42-29-20-18-28(19-21-29)35-32(40)24(3)43-34-38-37-31(39(34)22-25-11-6-5-7-12-25)26-14-16-27(17-15-26)36-33(41)30-13-9-8-10-23(30)2/h5-21,24H,4,22H2,1-3H3,(H,35,40)(H,36,41)/t24-/m1/s1. The summed E-state index contributed by atoms with van der Waals surface area (Å²) in [6, 6.07) is 32.4. The topological polar surface area (TPSA) is 98.1 Å². The first-order valence-electron chi connectivity index (χ1n) is 14.1. The van der Waals surface area contributed by atoms with E-state index in [1.165, 1.54) is 11.8 Å². The van der Waals surface area contributed by atoms with E-state index in [1.54, 1.807) is 0 Å². The van der Waals surface area contributed by atoms with Gasteiger partial charge in [-0.3, -0.25) is 14.2 Å². The molecule has 0 fully saturated rings. The van der Waals surface area contributed by atoms with Gasteiger partial charge in [-0.25, -0.2) is 0 Å². The molecule has 4 aromatic carbocycles. The number of aromatic nitrogens is 3. The van der Waals surface area contributed by atoms with Crippen LogP contribution >= 0.6 is 11.8 Å². The summed E-state index contributed by atoms with van der Waals surface area (Å²) in [4.78, 5) is 25.9. The Kier molecular flexibility index (Phi) is 9.53. The van der Waals surface area contributed by atoms with Gasteiger partial charge in [0.1, 0.15) is 5.75 Å². The fraction of sp³-hybridized carbons (Fsp3) is 0.176. The monoisotopic (exact) mass is 591 g/mol. The SMILES string of the molecule is CCOc1ccc(NC(=O)[C@@H](C)Sc2nnc(-c3ccc(NC(=O)c4ccccc4C)cc3)n2Cc2ccccc2)cc1. The number of nitrogens with zero attached hydrogens (tertiary/aromatic N) is 3. The lowest BCUT2D eigenvalue weighted by Gasteiger charge is -2.14. The quantitative estimate of drug-likeness (QED) is 0.159. The summed E-state index contributed by atoms with van der Waals surface area (Å²) in [5.41, 5.74) is 4.85. The minimum atomic E-state index is -0.433. The van der Waals surface area contributed by atoms with Gasteiger partial charge in [0, 0.05) is 22.5 Å². The Morgan fingerprint density at radius 1 is 0.837 bits per heavy atom. The van der Waals surface area contributed by atoms with Gasteiger partial charge in [0.25, 0.3) is 5.91 Å². The summed E-state index contributed by atoms with van der Waals surface area (Å²) in [5.74, 6) is 1.13. The van der Waals surface area contributed by atoms with Crippen molar-refractivity contribution in [2.75, 3.05) is 17.2 Å². The number of carbonyl (C=O) groups excluding carboxylic acids is 2. The highest BCUT2D eigenvalue weighted by Gasteiger charge is 2.21. The van der Waals surface area contributed by atoms with Crippen LogP contribution in [-0.4, -0.2) is 38.4 Å². The predicted molar refractivity (Wildman–Crippen MR) is 172 cm³/mol. The number of amides is 2. The average molecular weight is 592 g/mol. The summed E-state index contributed by atoms with van der Waals surface area (Å²) in [5, 5.41) is 15.1. The molecule has 218 valence electrons. The fourth-order valence-corrected chi connectivity index (χ4v) is 5.33. The van der Waals surface area contributed by atoms with Gasteiger partial charge < -0.3 is 15.4 Å². The molecular weight excluding hydrogens is 558 g/mol. The molecule has 1 heterocycles. The van der Waals surface area contributed by atoms with Gasteiger partial charge in [-0.15, -0.1) is 10.2 Å². The zero-order valence-electron chi connectivity index (χ0n) is 24.3. The Bertz CT molecular complexity index is 1690. The third kappa shape index (κ3) is 7.50. The molecule has 0 radical (unpaired) electrons. The number of nitrogens with one attached hydrogen (secondary N) is 2. The van der Waals surface area contributed by atoms with Gasteiger partial charge in [-0.2, -0.15) is 0 Å². The molecule has 9 heteroatoms. The first-order chi connectivity index (χ1) is 20.9. The number of hydrogen-bond donors (Lipinski definition) is 2. The van der Waals surface area contributed by atoms with Crippen molar-refractivity contribution in [3.63, 3.8) is 0 Å². The van der Waals surface area contributed by atoms with Gasteiger partial charge in [-0.05, 0) is 86.5 Å². The van der Waals surface area contributed by atoms with Crippen molar-refractivity contribution in [3.8, 4) is 17.1 Å². The van der Waals surface area contributed by atoms with E-state index in [2.05, 4.69) is 20.8 Å². The maximum atomic E-state index is 13.1. The van der Waals surface area contributed by atoms with Crippen LogP contribution in [0.25, 0.3) is 11.4 Å². The van der Waals surface area contributed by atoms with Crippen molar-refractivity contribution in [2.24, 2.45) is 0 Å². The number of carbonyl (C=O) groups is 2. The molecule has 1 aromatic heterocycles. The molecule has 2 amide bonds. The minimum Gasteiger partial charge on any atom is -0.494 e. The number of thioether (sulfide) groups is 1. The molecule has 0 bridgehead atoms. The third-order valence-corrected chi connectivity index (χ3v) is 7.86. The van der Waals surface area contributed by atoms with Gasteiger partial charge in [0.2, 0.25) is 5.91 Å². The van der Waals surface area contributed by atoms with E-state index in [0.717, 1.165) is 22.4 Å². The third-order valence-electron chi connectivity index (χ3n) is 6.78. The molecule has 0 unspecified atom stereocenters. The molecule has 5 aromatic rings. The molecule has 0 aliphatic carbocycles. The van der Waals surface area contributed by atoms with E-state index < -0.39 is 5.25 Å². The van der Waals surface area contributed by atoms with Crippen LogP contribution in [0.1, 0.15) is 35.3 Å². The van der Waals surface area contributed by atoms with Gasteiger partial charge >= 0.3 is 0 Å². The number of ether oxygens (including phenoxy) is 1. The summed E-state index contributed by atoms with van der Waals surface area (Å²) >= 11 is 1.35. The van der Waals surface area contributed by atoms with Crippen molar-refractivity contribution in [1.82, 2.24) is 14.8 Å². The van der Waals surface area contributed by atoms with Crippen LogP contribution in [0.4, 0.5) is 11.4 Å². The molecular formula is C34H33N5O3S. The van der Waals surface area contributed by atoms with Crippen LogP contribution in [0.3, 0.4) is 0 Å². The Hall–Kier alpha value is -4.89. The first kappa shape index (κ1) is 29.6. The average Bonchev–Trinajstić information content (AvgIpc) is 3.40. The summed E-state index contributed by atoms with van der Waals surface area (Å²) in [6.07, 6.45) is 0. The van der Waals surface area contributed by atoms with E-state index in [0.29, 0.717) is 41.1 Å². The molecule has 5 rings (SSSR count). The summed E-state index contributed by atoms with van der Waals surface area (Å²) in [7, 11) is 0. The molecule has 1 atom stereocenters. The smallest absolute Gasteiger partial charge is 0.255 e. The highest BCUT2D eigenvalue weighted by Crippen LogP contribution is 2.29. The van der Waals surface area contributed by atoms with Crippen LogP contribution in [0.2, 0.25) is 0 Å². The Morgan fingerprint density at radius 2 is 1.49 bits per heavy atom. The molecule has 0 spiro atoms. The van der Waals surface area contributed by atoms with Gasteiger partial charge in [0.15, 0.2) is 11.0 Å². The van der Waals surface area contributed by atoms with Crippen LogP contribution in [0.5, 0.6) is 5.75 Å². The largest absolute Gasteiger partial charge is 0.494 e. The summed E-state index contributed by atoms with van der Waals surface area (Å²) < 4.78 is 7.50. The lowest BCUT2D eigenvalue weighted by molar-refractivity contribution is -0.115. The molecule has 0 saturated heterocycles. The number of aryl methyl sites for hydroxylation is 1. The van der Waals surface area contributed by atoms with Crippen LogP contribution in [0, 0.1) is 6.92 Å². The first-order valence-corrected chi connectivity index (χ1v) is 14.9. The second kappa shape index (κ2) is 13.8. The molecule has 0 saturated carbocycles. The lowest BCUT2D eigenvalue weighted by atomic mass is 10.1. The fourth-order valence-electron chi connectivity index (χ4n) is 4.48. The lowest BCUT2D eigenvalue weighted by Crippen LogP contribution is -2.23. The van der Waals surface area contributed by atoms with Gasteiger partial charge in [-0.1, -0.05) is 60.3 Å². The van der Waals surface area contributed by atoms with E-state index >= 15 is 0 Å². The van der Waals surface area contributed by atoms with Gasteiger partial charge in [0.05, 0.1) is 18.4 Å². The molecule has 2 N–H and O–H groups in total. The van der Waals surface area contributed by atoms with Crippen LogP contribution in [-0.2, 0) is 11.3 Å². The Morgan fingerprint density at radius 3 is 2.19 bits per heavy atom. The van der Waals surface area contributed by atoms with Crippen molar-refractivity contribution in [3.05, 3.63) is 120 Å². The highest BCUT2D eigenvalue weighted by molar-refractivity contribution is 8.00. The van der Waals surface area contributed by atoms with E-state index in [4.69, 9.17) is 4.74 Å². The molecule has 43 heavy (non-hydrogen) atoms. The highest BCUT2D eigenvalue weighted by atomic mass is 32.2. The summed E-state index contributed by atoms with van der Waals surface area (Å²) in [6.45, 7) is 6.81. The molecule has 0 aliphatic heterocycles.